The van der Waals surface area contributed by atoms with Crippen LogP contribution in [0.2, 0.25) is 0 Å². The van der Waals surface area contributed by atoms with Crippen LogP contribution in [0, 0.1) is 20.8 Å². The highest BCUT2D eigenvalue weighted by Crippen LogP contribution is 2.39. The molecule has 9 atom stereocenters. The molecule has 3 saturated heterocycles. The van der Waals surface area contributed by atoms with E-state index in [-0.39, 0.29) is 38.7 Å². The third-order valence-corrected chi connectivity index (χ3v) is 10.8. The first kappa shape index (κ1) is 38.0. The van der Waals surface area contributed by atoms with Crippen molar-refractivity contribution in [2.75, 3.05) is 6.61 Å². The average Bonchev–Trinajstić information content (AvgIpc) is 4.02. The summed E-state index contributed by atoms with van der Waals surface area (Å²) in [7, 11) is 0. The summed E-state index contributed by atoms with van der Waals surface area (Å²) in [5.41, 5.74) is -1.56. The van der Waals surface area contributed by atoms with Crippen LogP contribution in [-0.2, 0) is 27.1 Å². The van der Waals surface area contributed by atoms with Crippen molar-refractivity contribution in [2.24, 2.45) is 0 Å². The highest BCUT2D eigenvalue weighted by atomic mass is 16.5. The second-order valence-corrected chi connectivity index (χ2v) is 14.7. The predicted octanol–water partition coefficient (Wildman–Crippen LogP) is -2.47. The molecule has 57 heavy (non-hydrogen) atoms. The molecule has 5 N–H and O–H groups in total. The zero-order chi connectivity index (χ0) is 40.3. The Morgan fingerprint density at radius 3 is 1.44 bits per heavy atom. The number of hydrogen-bond donors (Lipinski definition) is 5. The van der Waals surface area contributed by atoms with Gasteiger partial charge in [0.15, 0.2) is 0 Å². The van der Waals surface area contributed by atoms with Crippen LogP contribution in [0.3, 0.4) is 0 Å². The lowest BCUT2D eigenvalue weighted by atomic mass is 10.0. The molecule has 0 unspecified atom stereocenters. The first-order valence-electron chi connectivity index (χ1n) is 18.3. The molecule has 3 aliphatic heterocycles. The number of aliphatic hydroxyl groups excluding tert-OH is 2. The number of aromatic nitrogens is 12. The molecule has 3 aliphatic rings. The smallest absolute Gasteiger partial charge is 0.330 e. The van der Waals surface area contributed by atoms with Gasteiger partial charge in [0.05, 0.1) is 48.4 Å². The number of rotatable bonds is 10. The topological polar surface area (TPSA) is 294 Å². The number of ether oxygens (including phenoxy) is 3. The first-order chi connectivity index (χ1) is 27.3. The molecule has 0 bridgehead atoms. The Kier molecular flexibility index (Phi) is 9.93. The molecular weight excluding hydrogens is 752 g/mol. The Morgan fingerprint density at radius 2 is 0.982 bits per heavy atom. The lowest BCUT2D eigenvalue weighted by Crippen LogP contribution is -2.33. The first-order valence-corrected chi connectivity index (χ1v) is 18.3. The van der Waals surface area contributed by atoms with Crippen LogP contribution in [0.15, 0.2) is 59.8 Å². The third-order valence-electron chi connectivity index (χ3n) is 10.8. The van der Waals surface area contributed by atoms with Crippen molar-refractivity contribution in [1.29, 1.82) is 0 Å². The zero-order valence-electron chi connectivity index (χ0n) is 30.9. The van der Waals surface area contributed by atoms with Gasteiger partial charge in [-0.25, -0.2) is 23.7 Å². The van der Waals surface area contributed by atoms with Crippen LogP contribution in [0.1, 0.15) is 78.1 Å². The minimum atomic E-state index is -0.947. The monoisotopic (exact) mass is 792 g/mol. The highest BCUT2D eigenvalue weighted by Gasteiger charge is 2.42. The standard InChI is InChI=1S/C34H40N12O11/c1-15-9-42(32(52)35-29(15)49)26-6-20(45-13-19(39-40-45)5-24-22(48)8-28(56-24)44-11-17(3)31(51)37-34(44)54)23(55-26)4-18-12-46(41-38-18)21-7-27(57-25(21)14-47)43-10-16(2)30(50)36-33(43)53/h9-13,20-28,47-48H,4-8,14H2,1-3H3,(H,35,49,52)(H,36,50,53)(H,37,51,54)/t20-,21-,22+,23+,24+,25+,26+,27+,28+/m0/s1. The summed E-state index contributed by atoms with van der Waals surface area (Å²) >= 11 is 0. The van der Waals surface area contributed by atoms with Crippen molar-refractivity contribution in [2.45, 2.75) is 108 Å². The fourth-order valence-corrected chi connectivity index (χ4v) is 7.70. The van der Waals surface area contributed by atoms with Gasteiger partial charge in [0.25, 0.3) is 16.7 Å². The Balaban J connectivity index is 1.02. The van der Waals surface area contributed by atoms with Crippen molar-refractivity contribution in [3.8, 4) is 0 Å². The van der Waals surface area contributed by atoms with E-state index in [4.69, 9.17) is 14.2 Å². The Bertz CT molecular complexity index is 2670. The molecule has 0 saturated carbocycles. The van der Waals surface area contributed by atoms with Gasteiger partial charge in [-0.2, -0.15) is 0 Å². The molecule has 0 aromatic carbocycles. The lowest BCUT2D eigenvalue weighted by molar-refractivity contribution is -0.0323. The van der Waals surface area contributed by atoms with Gasteiger partial charge < -0.3 is 24.4 Å². The molecule has 23 heteroatoms. The van der Waals surface area contributed by atoms with Crippen LogP contribution in [0.4, 0.5) is 0 Å². The van der Waals surface area contributed by atoms with E-state index in [9.17, 15) is 39.0 Å². The Hall–Kier alpha value is -5.88. The van der Waals surface area contributed by atoms with E-state index in [2.05, 4.69) is 35.6 Å². The van der Waals surface area contributed by atoms with Gasteiger partial charge >= 0.3 is 17.1 Å². The molecule has 0 radical (unpaired) electrons. The van der Waals surface area contributed by atoms with E-state index in [1.165, 1.54) is 32.3 Å². The predicted molar refractivity (Wildman–Crippen MR) is 192 cm³/mol. The highest BCUT2D eigenvalue weighted by molar-refractivity contribution is 5.08. The minimum Gasteiger partial charge on any atom is -0.394 e. The van der Waals surface area contributed by atoms with Crippen molar-refractivity contribution in [3.63, 3.8) is 0 Å². The van der Waals surface area contributed by atoms with Gasteiger partial charge in [0.2, 0.25) is 0 Å². The van der Waals surface area contributed by atoms with Crippen LogP contribution >= 0.6 is 0 Å². The van der Waals surface area contributed by atoms with Gasteiger partial charge in [-0.3, -0.25) is 43.0 Å². The number of hydrogen-bond acceptors (Lipinski definition) is 15. The summed E-state index contributed by atoms with van der Waals surface area (Å²) in [6.45, 7) is 4.33. The Morgan fingerprint density at radius 1 is 0.596 bits per heavy atom. The van der Waals surface area contributed by atoms with Crippen LogP contribution < -0.4 is 33.7 Å². The molecule has 0 spiro atoms. The zero-order valence-corrected chi connectivity index (χ0v) is 30.9. The summed E-state index contributed by atoms with van der Waals surface area (Å²) in [6.07, 6.45) is 3.02. The molecule has 0 aliphatic carbocycles. The fourth-order valence-electron chi connectivity index (χ4n) is 7.70. The van der Waals surface area contributed by atoms with E-state index in [1.807, 2.05) is 0 Å². The summed E-state index contributed by atoms with van der Waals surface area (Å²) in [5, 5.41) is 38.4. The van der Waals surface area contributed by atoms with Crippen molar-refractivity contribution in [1.82, 2.24) is 58.6 Å². The molecular formula is C34H40N12O11. The quantitative estimate of drug-likeness (QED) is 0.0979. The van der Waals surface area contributed by atoms with E-state index < -0.39 is 88.9 Å². The average molecular weight is 793 g/mol. The second-order valence-electron chi connectivity index (χ2n) is 14.7. The van der Waals surface area contributed by atoms with E-state index >= 15 is 0 Å². The van der Waals surface area contributed by atoms with E-state index in [1.54, 1.807) is 42.5 Å². The molecule has 3 fully saturated rings. The molecule has 302 valence electrons. The van der Waals surface area contributed by atoms with E-state index in [0.29, 0.717) is 28.1 Å². The molecule has 5 aromatic heterocycles. The Labute approximate surface area is 319 Å². The molecule has 8 rings (SSSR count). The normalized spacial score (nSPS) is 27.4. The van der Waals surface area contributed by atoms with Gasteiger partial charge in [0, 0.05) is 79.8 Å². The summed E-state index contributed by atoms with van der Waals surface area (Å²) in [6, 6.07) is -1.03. The lowest BCUT2D eigenvalue weighted by Gasteiger charge is -2.18. The van der Waals surface area contributed by atoms with Crippen LogP contribution in [-0.4, -0.2) is 99.9 Å². The van der Waals surface area contributed by atoms with E-state index in [0.717, 1.165) is 0 Å². The number of aromatic amines is 3. The van der Waals surface area contributed by atoms with Gasteiger partial charge in [-0.05, 0) is 20.8 Å². The van der Waals surface area contributed by atoms with Crippen LogP contribution in [0.5, 0.6) is 0 Å². The third kappa shape index (κ3) is 7.30. The number of aryl methyl sites for hydroxylation is 3. The SMILES string of the molecule is Cc1cn([C@H]2C[C@@H](O)[C@@H](Cc3cn([C@H]4C[C@H](n5cc(C)c(=O)[nH]c5=O)O[C@@H]4Cc4cn([C@H]5C[C@H](n6cc(C)c(=O)[nH]c6=O)O[C@@H]5CO)nn4)nn3)O2)c(=O)[nH]c1=O. The maximum atomic E-state index is 12.9. The minimum absolute atomic E-state index is 0.108. The van der Waals surface area contributed by atoms with Crippen molar-refractivity contribution < 1.29 is 24.4 Å². The number of nitrogens with zero attached hydrogens (tertiary/aromatic N) is 9. The number of aliphatic hydroxyl groups is 2. The van der Waals surface area contributed by atoms with Crippen molar-refractivity contribution >= 4 is 0 Å². The van der Waals surface area contributed by atoms with Gasteiger partial charge in [-0.15, -0.1) is 10.2 Å². The maximum Gasteiger partial charge on any atom is 0.330 e. The molecule has 8 heterocycles. The number of H-pyrrole nitrogens is 3. The fraction of sp³-hybridized carbons (Fsp3) is 0.529. The number of nitrogens with one attached hydrogen (secondary N) is 3. The maximum absolute atomic E-state index is 12.9. The second kappa shape index (κ2) is 14.9. The summed E-state index contributed by atoms with van der Waals surface area (Å²) in [5.74, 6) is 0. The molecule has 5 aromatic rings. The molecule has 0 amide bonds. The summed E-state index contributed by atoms with van der Waals surface area (Å²) in [4.78, 5) is 80.7. The van der Waals surface area contributed by atoms with Gasteiger partial charge in [0.1, 0.15) is 24.8 Å². The largest absolute Gasteiger partial charge is 0.394 e. The van der Waals surface area contributed by atoms with Crippen LogP contribution in [0.25, 0.3) is 0 Å². The summed E-state index contributed by atoms with van der Waals surface area (Å²) < 4.78 is 25.5. The van der Waals surface area contributed by atoms with Gasteiger partial charge in [-0.1, -0.05) is 10.4 Å². The van der Waals surface area contributed by atoms with Crippen molar-refractivity contribution in [3.05, 3.63) is 122 Å². The molecule has 23 nitrogen and oxygen atoms in total.